The summed E-state index contributed by atoms with van der Waals surface area (Å²) in [6.45, 7) is 5.41. The molecule has 1 aromatic carbocycles. The SMILES string of the molecule is Cl.Cn1cc(CCCN2CC3(CCN(c4ncc(C(=O)NO)cn4)CC3)C2)c2ccccc21. The number of likely N-dealkylation sites (tertiary alicyclic amines) is 1. The van der Waals surface area contributed by atoms with Gasteiger partial charge in [0, 0.05) is 62.7 Å². The highest BCUT2D eigenvalue weighted by atomic mass is 35.5. The Morgan fingerprint density at radius 3 is 2.55 bits per heavy atom. The Labute approximate surface area is 200 Å². The highest BCUT2D eigenvalue weighted by Crippen LogP contribution is 2.41. The van der Waals surface area contributed by atoms with Gasteiger partial charge in [-0.05, 0) is 49.3 Å². The number of hydrogen-bond acceptors (Lipinski definition) is 6. The largest absolute Gasteiger partial charge is 0.350 e. The van der Waals surface area contributed by atoms with Gasteiger partial charge in [-0.25, -0.2) is 15.4 Å². The van der Waals surface area contributed by atoms with E-state index in [1.165, 1.54) is 48.4 Å². The van der Waals surface area contributed by atoms with E-state index in [1.807, 2.05) is 0 Å². The minimum absolute atomic E-state index is 0. The third-order valence-corrected chi connectivity index (χ3v) is 7.13. The van der Waals surface area contributed by atoms with Gasteiger partial charge in [-0.15, -0.1) is 12.4 Å². The molecule has 3 aromatic rings. The zero-order valence-electron chi connectivity index (χ0n) is 18.9. The van der Waals surface area contributed by atoms with Gasteiger partial charge >= 0.3 is 0 Å². The average Bonchev–Trinajstić information content (AvgIpc) is 3.13. The highest BCUT2D eigenvalue weighted by molar-refractivity contribution is 5.92. The first kappa shape index (κ1) is 23.5. The topological polar surface area (TPSA) is 86.5 Å². The number of fused-ring (bicyclic) bond motifs is 1. The van der Waals surface area contributed by atoms with Crippen molar-refractivity contribution in [2.24, 2.45) is 12.5 Å². The van der Waals surface area contributed by atoms with Crippen LogP contribution in [0, 0.1) is 5.41 Å². The van der Waals surface area contributed by atoms with Crippen LogP contribution in [0.5, 0.6) is 0 Å². The summed E-state index contributed by atoms with van der Waals surface area (Å²) in [7, 11) is 2.13. The number of nitrogens with one attached hydrogen (secondary N) is 1. The molecule has 0 unspecified atom stereocenters. The fourth-order valence-corrected chi connectivity index (χ4v) is 5.34. The molecule has 0 saturated carbocycles. The smallest absolute Gasteiger partial charge is 0.277 e. The van der Waals surface area contributed by atoms with Crippen LogP contribution in [0.2, 0.25) is 0 Å². The zero-order valence-corrected chi connectivity index (χ0v) is 19.7. The number of aromatic nitrogens is 3. The van der Waals surface area contributed by atoms with Crippen molar-refractivity contribution in [3.63, 3.8) is 0 Å². The first-order valence-electron chi connectivity index (χ1n) is 11.3. The molecule has 2 aliphatic heterocycles. The molecule has 0 bridgehead atoms. The maximum absolute atomic E-state index is 11.4. The summed E-state index contributed by atoms with van der Waals surface area (Å²) in [5.41, 5.74) is 5.06. The van der Waals surface area contributed by atoms with Crippen molar-refractivity contribution in [2.45, 2.75) is 25.7 Å². The normalized spacial score (nSPS) is 17.6. The lowest BCUT2D eigenvalue weighted by Gasteiger charge is -2.54. The molecule has 1 spiro atoms. The highest BCUT2D eigenvalue weighted by Gasteiger charge is 2.44. The van der Waals surface area contributed by atoms with Crippen molar-refractivity contribution in [2.75, 3.05) is 37.6 Å². The van der Waals surface area contributed by atoms with Crippen molar-refractivity contribution in [3.05, 3.63) is 54.0 Å². The predicted molar refractivity (Wildman–Crippen MR) is 130 cm³/mol. The van der Waals surface area contributed by atoms with Crippen molar-refractivity contribution < 1.29 is 10.0 Å². The van der Waals surface area contributed by atoms with Crippen LogP contribution >= 0.6 is 12.4 Å². The van der Waals surface area contributed by atoms with Crippen LogP contribution in [0.1, 0.15) is 35.2 Å². The Hall–Kier alpha value is -2.68. The number of benzene rings is 1. The molecule has 9 heteroatoms. The van der Waals surface area contributed by atoms with Crippen molar-refractivity contribution in [1.82, 2.24) is 24.9 Å². The van der Waals surface area contributed by atoms with Gasteiger partial charge in [-0.3, -0.25) is 10.0 Å². The van der Waals surface area contributed by atoms with Crippen LogP contribution in [-0.4, -0.2) is 63.3 Å². The molecule has 176 valence electrons. The summed E-state index contributed by atoms with van der Waals surface area (Å²) < 4.78 is 2.23. The molecule has 1 amide bonds. The summed E-state index contributed by atoms with van der Waals surface area (Å²) in [5, 5.41) is 10.1. The number of rotatable bonds is 6. The molecule has 2 aromatic heterocycles. The summed E-state index contributed by atoms with van der Waals surface area (Å²) in [6.07, 6.45) is 9.81. The van der Waals surface area contributed by atoms with Gasteiger partial charge in [0.2, 0.25) is 5.95 Å². The van der Waals surface area contributed by atoms with Crippen molar-refractivity contribution >= 4 is 35.2 Å². The van der Waals surface area contributed by atoms with E-state index in [1.54, 1.807) is 5.48 Å². The van der Waals surface area contributed by atoms with Gasteiger partial charge in [0.05, 0.1) is 5.56 Å². The van der Waals surface area contributed by atoms with Crippen molar-refractivity contribution in [3.8, 4) is 0 Å². The summed E-state index contributed by atoms with van der Waals surface area (Å²) in [6, 6.07) is 8.65. The van der Waals surface area contributed by atoms with E-state index in [-0.39, 0.29) is 18.0 Å². The number of hydroxylamine groups is 1. The first-order chi connectivity index (χ1) is 15.6. The second kappa shape index (κ2) is 9.67. The van der Waals surface area contributed by atoms with Crippen LogP contribution in [0.25, 0.3) is 10.9 Å². The van der Waals surface area contributed by atoms with Crippen LogP contribution < -0.4 is 10.4 Å². The quantitative estimate of drug-likeness (QED) is 0.425. The Bertz CT molecular complexity index is 1100. The third kappa shape index (κ3) is 4.69. The predicted octanol–water partition coefficient (Wildman–Crippen LogP) is 3.04. The molecule has 0 atom stereocenters. The van der Waals surface area contributed by atoms with Crippen LogP contribution in [0.3, 0.4) is 0 Å². The van der Waals surface area contributed by atoms with E-state index in [9.17, 15) is 4.79 Å². The number of amides is 1. The summed E-state index contributed by atoms with van der Waals surface area (Å²) >= 11 is 0. The number of carbonyl (C=O) groups excluding carboxylic acids is 1. The minimum atomic E-state index is -0.593. The lowest BCUT2D eigenvalue weighted by atomic mass is 9.72. The standard InChI is InChI=1S/C24H30N6O2.ClH/c1-28-15-18(20-6-2-3-7-21(20)28)5-4-10-29-16-24(17-29)8-11-30(12-9-24)23-25-13-19(14-26-23)22(31)27-32;/h2-3,6-7,13-15,32H,4-5,8-12,16-17H2,1H3,(H,27,31);1H. The molecule has 2 aliphatic rings. The van der Waals surface area contributed by atoms with E-state index < -0.39 is 5.91 Å². The number of aryl methyl sites for hydroxylation is 2. The van der Waals surface area contributed by atoms with Crippen LogP contribution in [-0.2, 0) is 13.5 Å². The second-order valence-electron chi connectivity index (χ2n) is 9.30. The molecular formula is C24H31ClN6O2. The van der Waals surface area contributed by atoms with Gasteiger partial charge in [0.15, 0.2) is 0 Å². The number of piperidine rings is 1. The molecule has 2 fully saturated rings. The van der Waals surface area contributed by atoms with Crippen molar-refractivity contribution in [1.29, 1.82) is 0 Å². The number of para-hydroxylation sites is 1. The molecule has 33 heavy (non-hydrogen) atoms. The monoisotopic (exact) mass is 470 g/mol. The maximum Gasteiger partial charge on any atom is 0.277 e. The molecule has 2 N–H and O–H groups in total. The Morgan fingerprint density at radius 1 is 1.15 bits per heavy atom. The molecular weight excluding hydrogens is 440 g/mol. The summed E-state index contributed by atoms with van der Waals surface area (Å²) in [4.78, 5) is 24.8. The minimum Gasteiger partial charge on any atom is -0.350 e. The van der Waals surface area contributed by atoms with Gasteiger partial charge in [-0.1, -0.05) is 18.2 Å². The zero-order chi connectivity index (χ0) is 22.1. The van der Waals surface area contributed by atoms with E-state index in [0.29, 0.717) is 11.4 Å². The molecule has 0 radical (unpaired) electrons. The van der Waals surface area contributed by atoms with Gasteiger partial charge in [0.1, 0.15) is 0 Å². The van der Waals surface area contributed by atoms with E-state index in [2.05, 4.69) is 61.8 Å². The average molecular weight is 471 g/mol. The number of halogens is 1. The molecule has 8 nitrogen and oxygen atoms in total. The lowest BCUT2D eigenvalue weighted by molar-refractivity contribution is -0.0187. The van der Waals surface area contributed by atoms with Crippen LogP contribution in [0.15, 0.2) is 42.9 Å². The number of hydrogen-bond donors (Lipinski definition) is 2. The molecule has 0 aliphatic carbocycles. The fraction of sp³-hybridized carbons (Fsp3) is 0.458. The van der Waals surface area contributed by atoms with E-state index >= 15 is 0 Å². The van der Waals surface area contributed by atoms with Gasteiger partial charge < -0.3 is 14.4 Å². The number of carbonyl (C=O) groups is 1. The number of anilines is 1. The first-order valence-corrected chi connectivity index (χ1v) is 11.3. The van der Waals surface area contributed by atoms with E-state index in [4.69, 9.17) is 5.21 Å². The third-order valence-electron chi connectivity index (χ3n) is 7.13. The lowest BCUT2D eigenvalue weighted by Crippen LogP contribution is -2.60. The second-order valence-corrected chi connectivity index (χ2v) is 9.30. The Morgan fingerprint density at radius 2 is 1.85 bits per heavy atom. The van der Waals surface area contributed by atoms with Gasteiger partial charge in [0.25, 0.3) is 5.91 Å². The Kier molecular flexibility index (Phi) is 6.88. The summed E-state index contributed by atoms with van der Waals surface area (Å²) in [5.74, 6) is 0.0600. The number of nitrogens with zero attached hydrogens (tertiary/aromatic N) is 5. The van der Waals surface area contributed by atoms with E-state index in [0.717, 1.165) is 38.9 Å². The molecule has 4 heterocycles. The molecule has 2 saturated heterocycles. The Balaban J connectivity index is 0.00000259. The van der Waals surface area contributed by atoms with Gasteiger partial charge in [-0.2, -0.15) is 0 Å². The van der Waals surface area contributed by atoms with Crippen LogP contribution in [0.4, 0.5) is 5.95 Å². The fourth-order valence-electron chi connectivity index (χ4n) is 5.34. The maximum atomic E-state index is 11.4. The molecule has 5 rings (SSSR count).